The predicted octanol–water partition coefficient (Wildman–Crippen LogP) is 5.99. The second-order valence-corrected chi connectivity index (χ2v) is 10.4. The summed E-state index contributed by atoms with van der Waals surface area (Å²) >= 11 is 0. The molecule has 3 aromatic carbocycles. The van der Waals surface area contributed by atoms with Crippen LogP contribution >= 0.6 is 0 Å². The zero-order chi connectivity index (χ0) is 28.9. The third kappa shape index (κ3) is 6.92. The highest BCUT2D eigenvalue weighted by Crippen LogP contribution is 2.27. The van der Waals surface area contributed by atoms with Crippen molar-refractivity contribution in [1.82, 2.24) is 15.2 Å². The minimum Gasteiger partial charge on any atom is -0.457 e. The molecular formula is C32H31N5O4. The summed E-state index contributed by atoms with van der Waals surface area (Å²) in [5.41, 5.74) is 2.88. The zero-order valence-corrected chi connectivity index (χ0v) is 22.9. The first-order valence-electron chi connectivity index (χ1n) is 13.5. The SMILES string of the molecule is [C-]#[N+]c1cccc2cc(C(=O)N(CC(=O)Nc3ccc(Oc4ccc(C(C)C)cc4)cc3)CC(=O)NC3CC3)[nH]c12. The fourth-order valence-electron chi connectivity index (χ4n) is 4.43. The number of aromatic amines is 1. The molecule has 1 saturated carbocycles. The maximum absolute atomic E-state index is 13.5. The van der Waals surface area contributed by atoms with Crippen molar-refractivity contribution in [2.75, 3.05) is 18.4 Å². The molecule has 0 spiro atoms. The minimum absolute atomic E-state index is 0.122. The van der Waals surface area contributed by atoms with Crippen LogP contribution < -0.4 is 15.4 Å². The molecule has 0 aliphatic heterocycles. The van der Waals surface area contributed by atoms with Gasteiger partial charge in [-0.2, -0.15) is 0 Å². The first-order chi connectivity index (χ1) is 19.8. The molecule has 9 heteroatoms. The van der Waals surface area contributed by atoms with Crippen molar-refractivity contribution in [1.29, 1.82) is 0 Å². The van der Waals surface area contributed by atoms with Crippen molar-refractivity contribution in [3.63, 3.8) is 0 Å². The molecular weight excluding hydrogens is 518 g/mol. The number of anilines is 1. The number of nitrogens with zero attached hydrogens (tertiary/aromatic N) is 2. The molecule has 41 heavy (non-hydrogen) atoms. The van der Waals surface area contributed by atoms with E-state index >= 15 is 0 Å². The van der Waals surface area contributed by atoms with Crippen LogP contribution in [0.1, 0.15) is 48.7 Å². The van der Waals surface area contributed by atoms with Crippen molar-refractivity contribution in [3.8, 4) is 11.5 Å². The highest BCUT2D eigenvalue weighted by molar-refractivity contribution is 6.04. The molecule has 1 aliphatic rings. The van der Waals surface area contributed by atoms with Gasteiger partial charge in [-0.25, -0.2) is 4.85 Å². The van der Waals surface area contributed by atoms with Gasteiger partial charge in [0.2, 0.25) is 17.5 Å². The van der Waals surface area contributed by atoms with Crippen LogP contribution in [-0.4, -0.2) is 46.7 Å². The second-order valence-electron chi connectivity index (χ2n) is 10.4. The molecule has 0 saturated heterocycles. The monoisotopic (exact) mass is 549 g/mol. The van der Waals surface area contributed by atoms with Crippen LogP contribution in [0.4, 0.5) is 11.4 Å². The maximum atomic E-state index is 13.5. The summed E-state index contributed by atoms with van der Waals surface area (Å²) in [6, 6.07) is 21.8. The number of rotatable bonds is 10. The average molecular weight is 550 g/mol. The van der Waals surface area contributed by atoms with Crippen LogP contribution in [0.25, 0.3) is 15.7 Å². The second kappa shape index (κ2) is 12.0. The Hall–Kier alpha value is -5.10. The van der Waals surface area contributed by atoms with Crippen LogP contribution in [0.2, 0.25) is 0 Å². The standard InChI is InChI=1S/C32H31N5O4/c1-20(2)21-7-13-25(14-8-21)41-26-15-11-24(12-16-26)35-30(39)19-37(18-29(38)34-23-9-10-23)32(40)28-17-22-5-4-6-27(33-3)31(22)36-28/h4-8,11-17,20,23,36H,9-10,18-19H2,1-2H3,(H,34,38)(H,35,39). The molecule has 0 unspecified atom stereocenters. The molecule has 1 aromatic heterocycles. The van der Waals surface area contributed by atoms with Crippen molar-refractivity contribution in [2.45, 2.75) is 38.6 Å². The summed E-state index contributed by atoms with van der Waals surface area (Å²) in [4.78, 5) is 46.7. The Bertz CT molecular complexity index is 1610. The lowest BCUT2D eigenvalue weighted by molar-refractivity contribution is -0.122. The van der Waals surface area contributed by atoms with Crippen molar-refractivity contribution in [3.05, 3.63) is 95.5 Å². The number of aromatic nitrogens is 1. The van der Waals surface area contributed by atoms with Gasteiger partial charge in [-0.3, -0.25) is 14.4 Å². The van der Waals surface area contributed by atoms with E-state index in [0.717, 1.165) is 12.8 Å². The number of fused-ring (bicyclic) bond motifs is 1. The maximum Gasteiger partial charge on any atom is 0.271 e. The summed E-state index contributed by atoms with van der Waals surface area (Å²) in [6.07, 6.45) is 1.81. The molecule has 5 rings (SSSR count). The van der Waals surface area contributed by atoms with E-state index < -0.39 is 11.8 Å². The molecule has 0 radical (unpaired) electrons. The molecule has 208 valence electrons. The van der Waals surface area contributed by atoms with Crippen LogP contribution in [0, 0.1) is 6.57 Å². The van der Waals surface area contributed by atoms with Gasteiger partial charge in [-0.15, -0.1) is 0 Å². The van der Waals surface area contributed by atoms with E-state index in [1.807, 2.05) is 24.3 Å². The topological polar surface area (TPSA) is 108 Å². The van der Waals surface area contributed by atoms with Crippen molar-refractivity contribution >= 4 is 40.0 Å². The van der Waals surface area contributed by atoms with E-state index in [1.54, 1.807) is 48.5 Å². The lowest BCUT2D eigenvalue weighted by Crippen LogP contribution is -2.45. The van der Waals surface area contributed by atoms with Crippen molar-refractivity contribution < 1.29 is 19.1 Å². The quantitative estimate of drug-likeness (QED) is 0.211. The number of nitrogens with one attached hydrogen (secondary N) is 3. The number of amides is 3. The molecule has 1 aliphatic carbocycles. The van der Waals surface area contributed by atoms with E-state index in [4.69, 9.17) is 11.3 Å². The first-order valence-corrected chi connectivity index (χ1v) is 13.5. The highest BCUT2D eigenvalue weighted by Gasteiger charge is 2.27. The van der Waals surface area contributed by atoms with E-state index in [2.05, 4.69) is 34.3 Å². The fourth-order valence-corrected chi connectivity index (χ4v) is 4.43. The van der Waals surface area contributed by atoms with E-state index in [1.165, 1.54) is 10.5 Å². The van der Waals surface area contributed by atoms with Crippen LogP contribution in [0.5, 0.6) is 11.5 Å². The Labute approximate surface area is 238 Å². The van der Waals surface area contributed by atoms with E-state index in [9.17, 15) is 14.4 Å². The van der Waals surface area contributed by atoms with Crippen molar-refractivity contribution in [2.24, 2.45) is 0 Å². The number of carbonyl (C=O) groups is 3. The predicted molar refractivity (Wildman–Crippen MR) is 157 cm³/mol. The summed E-state index contributed by atoms with van der Waals surface area (Å²) in [6.45, 7) is 11.0. The summed E-state index contributed by atoms with van der Waals surface area (Å²) < 4.78 is 5.91. The average Bonchev–Trinajstić information content (AvgIpc) is 3.66. The summed E-state index contributed by atoms with van der Waals surface area (Å²) in [5, 5.41) is 6.36. The van der Waals surface area contributed by atoms with Crippen LogP contribution in [0.15, 0.2) is 72.8 Å². The van der Waals surface area contributed by atoms with Gasteiger partial charge < -0.3 is 25.3 Å². The highest BCUT2D eigenvalue weighted by atomic mass is 16.5. The van der Waals surface area contributed by atoms with Gasteiger partial charge >= 0.3 is 0 Å². The minimum atomic E-state index is -0.509. The molecule has 0 atom stereocenters. The molecule has 0 bridgehead atoms. The van der Waals surface area contributed by atoms with Crippen LogP contribution in [-0.2, 0) is 9.59 Å². The van der Waals surface area contributed by atoms with Gasteiger partial charge in [0.25, 0.3) is 5.91 Å². The van der Waals surface area contributed by atoms with Gasteiger partial charge in [-0.1, -0.05) is 44.2 Å². The first kappa shape index (κ1) is 27.5. The largest absolute Gasteiger partial charge is 0.457 e. The molecule has 4 aromatic rings. The number of ether oxygens (including phenoxy) is 1. The smallest absolute Gasteiger partial charge is 0.271 e. The van der Waals surface area contributed by atoms with Gasteiger partial charge in [0.1, 0.15) is 30.3 Å². The third-order valence-electron chi connectivity index (χ3n) is 6.80. The Balaban J connectivity index is 1.26. The number of hydrogen-bond donors (Lipinski definition) is 3. The van der Waals surface area contributed by atoms with E-state index in [0.29, 0.717) is 39.7 Å². The van der Waals surface area contributed by atoms with E-state index in [-0.39, 0.29) is 30.7 Å². The number of benzene rings is 3. The number of para-hydroxylation sites is 1. The Kier molecular flexibility index (Phi) is 8.01. The van der Waals surface area contributed by atoms with Gasteiger partial charge in [0.15, 0.2) is 0 Å². The van der Waals surface area contributed by atoms with Gasteiger partial charge in [-0.05, 0) is 72.2 Å². The molecule has 1 fully saturated rings. The molecule has 1 heterocycles. The Morgan fingerprint density at radius 3 is 2.27 bits per heavy atom. The third-order valence-corrected chi connectivity index (χ3v) is 6.80. The van der Waals surface area contributed by atoms with Crippen LogP contribution in [0.3, 0.4) is 0 Å². The molecule has 9 nitrogen and oxygen atoms in total. The fraction of sp³-hybridized carbons (Fsp3) is 0.250. The summed E-state index contributed by atoms with van der Waals surface area (Å²) in [5.74, 6) is 0.482. The number of carbonyl (C=O) groups excluding carboxylic acids is 3. The normalized spacial score (nSPS) is 12.5. The lowest BCUT2D eigenvalue weighted by atomic mass is 10.0. The number of hydrogen-bond acceptors (Lipinski definition) is 4. The number of H-pyrrole nitrogens is 1. The molecule has 3 N–H and O–H groups in total. The molecule has 3 amide bonds. The van der Waals surface area contributed by atoms with Gasteiger partial charge in [0.05, 0.1) is 12.1 Å². The van der Waals surface area contributed by atoms with Gasteiger partial charge in [0, 0.05) is 11.7 Å². The zero-order valence-electron chi connectivity index (χ0n) is 22.9. The summed E-state index contributed by atoms with van der Waals surface area (Å²) in [7, 11) is 0. The Morgan fingerprint density at radius 1 is 0.976 bits per heavy atom. The lowest BCUT2D eigenvalue weighted by Gasteiger charge is -2.21. The Morgan fingerprint density at radius 2 is 1.63 bits per heavy atom.